The van der Waals surface area contributed by atoms with Crippen LogP contribution in [0.2, 0.25) is 0 Å². The molecule has 0 bridgehead atoms. The van der Waals surface area contributed by atoms with Crippen molar-refractivity contribution in [2.24, 2.45) is 5.92 Å². The van der Waals surface area contributed by atoms with Gasteiger partial charge in [-0.15, -0.1) is 0 Å². The molecule has 0 saturated heterocycles. The number of thiol groups is 1. The average Bonchev–Trinajstić information content (AvgIpc) is 1.81. The highest BCUT2D eigenvalue weighted by Crippen LogP contribution is 2.09. The third kappa shape index (κ3) is 3.90. The molecular weight excluding hydrogens is 172 g/mol. The van der Waals surface area contributed by atoms with Crippen LogP contribution in [0.3, 0.4) is 0 Å². The van der Waals surface area contributed by atoms with Crippen LogP contribution in [0.4, 0.5) is 0 Å². The summed E-state index contributed by atoms with van der Waals surface area (Å²) in [6.07, 6.45) is 0.200. The maximum Gasteiger partial charge on any atom is 0.225 e. The van der Waals surface area contributed by atoms with Gasteiger partial charge in [0.2, 0.25) is 5.24 Å². The molecule has 0 unspecified atom stereocenters. The Kier molecular flexibility index (Phi) is 4.73. The van der Waals surface area contributed by atoms with E-state index in [2.05, 4.69) is 12.6 Å². The number of ketones is 1. The van der Waals surface area contributed by atoms with Crippen molar-refractivity contribution in [3.63, 3.8) is 0 Å². The standard InChI is InChI=1S/C6H9ClO2S/c1-4(8)2-5(3-10)6(7)9/h5,10H,2-3H2,1H3/t5-/m0/s1. The average molecular weight is 181 g/mol. The Morgan fingerprint density at radius 3 is 2.20 bits per heavy atom. The lowest BCUT2D eigenvalue weighted by molar-refractivity contribution is -0.122. The van der Waals surface area contributed by atoms with Gasteiger partial charge in [0.1, 0.15) is 5.78 Å². The first-order valence-electron chi connectivity index (χ1n) is 2.87. The second-order valence-corrected chi connectivity index (χ2v) is 2.83. The molecule has 0 aromatic rings. The SMILES string of the molecule is CC(=O)C[C@@H](CS)C(=O)Cl. The van der Waals surface area contributed by atoms with Crippen LogP contribution in [-0.2, 0) is 9.59 Å². The van der Waals surface area contributed by atoms with Crippen LogP contribution < -0.4 is 0 Å². The van der Waals surface area contributed by atoms with Crippen LogP contribution in [0.1, 0.15) is 13.3 Å². The fraction of sp³-hybridized carbons (Fsp3) is 0.667. The predicted octanol–water partition coefficient (Wildman–Crippen LogP) is 1.28. The molecule has 0 spiro atoms. The van der Waals surface area contributed by atoms with Crippen LogP contribution >= 0.6 is 24.2 Å². The lowest BCUT2D eigenvalue weighted by atomic mass is 10.1. The Morgan fingerprint density at radius 2 is 2.10 bits per heavy atom. The van der Waals surface area contributed by atoms with Crippen molar-refractivity contribution in [3.05, 3.63) is 0 Å². The monoisotopic (exact) mass is 180 g/mol. The Morgan fingerprint density at radius 1 is 1.60 bits per heavy atom. The van der Waals surface area contributed by atoms with Crippen LogP contribution in [-0.4, -0.2) is 16.8 Å². The molecule has 0 aliphatic rings. The van der Waals surface area contributed by atoms with Gasteiger partial charge in [-0.25, -0.2) is 0 Å². The Hall–Kier alpha value is -0.0200. The fourth-order valence-corrected chi connectivity index (χ4v) is 1.12. The summed E-state index contributed by atoms with van der Waals surface area (Å²) < 4.78 is 0. The Balaban J connectivity index is 3.83. The molecule has 4 heteroatoms. The lowest BCUT2D eigenvalue weighted by Gasteiger charge is -2.04. The summed E-state index contributed by atoms with van der Waals surface area (Å²) in [4.78, 5) is 20.9. The number of hydrogen-bond donors (Lipinski definition) is 1. The van der Waals surface area contributed by atoms with E-state index in [0.717, 1.165) is 0 Å². The predicted molar refractivity (Wildman–Crippen MR) is 43.5 cm³/mol. The first kappa shape index (κ1) is 9.98. The number of Topliss-reactive ketones (excluding diaryl/α,β-unsaturated/α-hetero) is 1. The van der Waals surface area contributed by atoms with Crippen molar-refractivity contribution >= 4 is 35.3 Å². The van der Waals surface area contributed by atoms with Crippen LogP contribution in [0.15, 0.2) is 0 Å². The molecule has 0 saturated carbocycles. The molecule has 0 fully saturated rings. The molecule has 0 aliphatic heterocycles. The maximum atomic E-state index is 10.5. The Bertz CT molecular complexity index is 147. The van der Waals surface area contributed by atoms with E-state index >= 15 is 0 Å². The van der Waals surface area contributed by atoms with Crippen LogP contribution in [0, 0.1) is 5.92 Å². The van der Waals surface area contributed by atoms with Crippen LogP contribution in [0.5, 0.6) is 0 Å². The minimum Gasteiger partial charge on any atom is -0.300 e. The molecule has 1 atom stereocenters. The van der Waals surface area contributed by atoms with Gasteiger partial charge in [-0.3, -0.25) is 4.79 Å². The van der Waals surface area contributed by atoms with Crippen molar-refractivity contribution in [3.8, 4) is 0 Å². The quantitative estimate of drug-likeness (QED) is 0.523. The van der Waals surface area contributed by atoms with Gasteiger partial charge < -0.3 is 4.79 Å². The van der Waals surface area contributed by atoms with Gasteiger partial charge in [-0.05, 0) is 18.5 Å². The van der Waals surface area contributed by atoms with Crippen molar-refractivity contribution in [1.82, 2.24) is 0 Å². The van der Waals surface area contributed by atoms with E-state index in [1.54, 1.807) is 0 Å². The largest absolute Gasteiger partial charge is 0.300 e. The topological polar surface area (TPSA) is 34.1 Å². The van der Waals surface area contributed by atoms with Crippen LogP contribution in [0.25, 0.3) is 0 Å². The Labute approximate surface area is 70.3 Å². The van der Waals surface area contributed by atoms with E-state index in [1.807, 2.05) is 0 Å². The normalized spacial score (nSPS) is 12.7. The van der Waals surface area contributed by atoms with E-state index in [0.29, 0.717) is 5.75 Å². The van der Waals surface area contributed by atoms with Crippen molar-refractivity contribution in [2.75, 3.05) is 5.75 Å². The fourth-order valence-electron chi connectivity index (χ4n) is 0.564. The summed E-state index contributed by atoms with van der Waals surface area (Å²) in [5.41, 5.74) is 0. The number of carbonyl (C=O) groups is 2. The molecule has 0 N–H and O–H groups in total. The summed E-state index contributed by atoms with van der Waals surface area (Å²) in [5.74, 6) is -0.113. The van der Waals surface area contributed by atoms with Gasteiger partial charge in [-0.1, -0.05) is 0 Å². The highest BCUT2D eigenvalue weighted by molar-refractivity contribution is 7.80. The third-order valence-corrected chi connectivity index (χ3v) is 1.82. The minimum atomic E-state index is -0.481. The molecule has 2 nitrogen and oxygen atoms in total. The van der Waals surface area contributed by atoms with Gasteiger partial charge in [0.15, 0.2) is 0 Å². The molecule has 10 heavy (non-hydrogen) atoms. The zero-order chi connectivity index (χ0) is 8.15. The summed E-state index contributed by atoms with van der Waals surface area (Å²) >= 11 is 9.02. The molecule has 0 aliphatic carbocycles. The molecule has 0 amide bonds. The van der Waals surface area contributed by atoms with Crippen molar-refractivity contribution in [1.29, 1.82) is 0 Å². The number of hydrogen-bond acceptors (Lipinski definition) is 3. The highest BCUT2D eigenvalue weighted by Gasteiger charge is 2.15. The summed E-state index contributed by atoms with van der Waals surface area (Å²) in [5, 5.41) is -0.481. The molecule has 58 valence electrons. The second kappa shape index (κ2) is 4.74. The van der Waals surface area contributed by atoms with E-state index < -0.39 is 11.2 Å². The zero-order valence-corrected chi connectivity index (χ0v) is 7.28. The molecule has 0 aromatic carbocycles. The van der Waals surface area contributed by atoms with Gasteiger partial charge in [0.05, 0.1) is 0 Å². The second-order valence-electron chi connectivity index (χ2n) is 2.09. The molecule has 0 heterocycles. The first-order valence-corrected chi connectivity index (χ1v) is 3.88. The molecule has 0 aromatic heterocycles. The number of halogens is 1. The van der Waals surface area contributed by atoms with Gasteiger partial charge in [-0.2, -0.15) is 12.6 Å². The summed E-state index contributed by atoms with van der Waals surface area (Å²) in [7, 11) is 0. The molecule has 0 rings (SSSR count). The van der Waals surface area contributed by atoms with E-state index in [1.165, 1.54) is 6.92 Å². The molecular formula is C6H9ClO2S. The van der Waals surface area contributed by atoms with E-state index in [9.17, 15) is 9.59 Å². The third-order valence-electron chi connectivity index (χ3n) is 1.08. The number of rotatable bonds is 4. The smallest absolute Gasteiger partial charge is 0.225 e. The summed E-state index contributed by atoms with van der Waals surface area (Å²) in [6.45, 7) is 1.43. The van der Waals surface area contributed by atoms with Crippen molar-refractivity contribution in [2.45, 2.75) is 13.3 Å². The van der Waals surface area contributed by atoms with E-state index in [4.69, 9.17) is 11.6 Å². The van der Waals surface area contributed by atoms with Gasteiger partial charge >= 0.3 is 0 Å². The lowest BCUT2D eigenvalue weighted by Crippen LogP contribution is -2.14. The van der Waals surface area contributed by atoms with Gasteiger partial charge in [0, 0.05) is 18.1 Å². The highest BCUT2D eigenvalue weighted by atomic mass is 35.5. The maximum absolute atomic E-state index is 10.5. The zero-order valence-electron chi connectivity index (χ0n) is 5.63. The minimum absolute atomic E-state index is 0.0342. The summed E-state index contributed by atoms with van der Waals surface area (Å²) in [6, 6.07) is 0. The molecule has 0 radical (unpaired) electrons. The van der Waals surface area contributed by atoms with Gasteiger partial charge in [0.25, 0.3) is 0 Å². The first-order chi connectivity index (χ1) is 4.57. The van der Waals surface area contributed by atoms with Crippen molar-refractivity contribution < 1.29 is 9.59 Å². The van der Waals surface area contributed by atoms with E-state index in [-0.39, 0.29) is 12.2 Å². The number of carbonyl (C=O) groups excluding carboxylic acids is 2.